The minimum absolute atomic E-state index is 0.300. The van der Waals surface area contributed by atoms with Crippen LogP contribution in [0.3, 0.4) is 0 Å². The molecular weight excluding hydrogens is 234 g/mol. The van der Waals surface area contributed by atoms with E-state index in [1.165, 1.54) is 11.3 Å². The molecule has 1 amide bonds. The van der Waals surface area contributed by atoms with Gasteiger partial charge in [-0.05, 0) is 5.56 Å². The fraction of sp³-hybridized carbons (Fsp3) is 0. The Labute approximate surface area is 101 Å². The van der Waals surface area contributed by atoms with Crippen LogP contribution in [-0.4, -0.2) is 15.3 Å². The molecule has 0 fully saturated rings. The number of hydrogen-bond acceptors (Lipinski definition) is 3. The van der Waals surface area contributed by atoms with E-state index in [0.29, 0.717) is 5.69 Å². The van der Waals surface area contributed by atoms with Gasteiger partial charge >= 0.3 is 0 Å². The third-order valence-electron chi connectivity index (χ3n) is 2.53. The highest BCUT2D eigenvalue weighted by atomic mass is 32.1. The molecule has 2 heterocycles. The Morgan fingerprint density at radius 2 is 2.06 bits per heavy atom. The van der Waals surface area contributed by atoms with Crippen LogP contribution in [0, 0.1) is 0 Å². The maximum atomic E-state index is 11.1. The molecule has 17 heavy (non-hydrogen) atoms. The highest BCUT2D eigenvalue weighted by Crippen LogP contribution is 2.25. The van der Waals surface area contributed by atoms with Crippen molar-refractivity contribution in [3.63, 3.8) is 0 Å². The number of aromatic nitrogens is 2. The van der Waals surface area contributed by atoms with Crippen LogP contribution < -0.4 is 5.73 Å². The monoisotopic (exact) mass is 243 g/mol. The predicted octanol–water partition coefficient (Wildman–Crippen LogP) is 2.16. The molecular formula is C12H9N3OS. The highest BCUT2D eigenvalue weighted by molar-refractivity contribution is 7.15. The van der Waals surface area contributed by atoms with Gasteiger partial charge < -0.3 is 5.73 Å². The SMILES string of the molecule is NC(=O)c1cn2c(-c3ccccc3)csc2n1. The zero-order chi connectivity index (χ0) is 11.8. The van der Waals surface area contributed by atoms with Crippen molar-refractivity contribution in [2.45, 2.75) is 0 Å². The molecule has 0 atom stereocenters. The predicted molar refractivity (Wildman–Crippen MR) is 67.0 cm³/mol. The minimum atomic E-state index is -0.500. The first kappa shape index (κ1) is 10.0. The maximum Gasteiger partial charge on any atom is 0.268 e. The Morgan fingerprint density at radius 1 is 1.29 bits per heavy atom. The Bertz CT molecular complexity index is 684. The number of thiazole rings is 1. The van der Waals surface area contributed by atoms with Crippen molar-refractivity contribution < 1.29 is 4.79 Å². The van der Waals surface area contributed by atoms with E-state index in [2.05, 4.69) is 4.98 Å². The molecule has 0 unspecified atom stereocenters. The fourth-order valence-electron chi connectivity index (χ4n) is 1.72. The van der Waals surface area contributed by atoms with Crippen molar-refractivity contribution in [3.8, 4) is 11.3 Å². The maximum absolute atomic E-state index is 11.1. The van der Waals surface area contributed by atoms with E-state index in [0.717, 1.165) is 16.2 Å². The van der Waals surface area contributed by atoms with E-state index in [-0.39, 0.29) is 0 Å². The van der Waals surface area contributed by atoms with Crippen LogP contribution in [-0.2, 0) is 0 Å². The average Bonchev–Trinajstić information content (AvgIpc) is 2.89. The van der Waals surface area contributed by atoms with Gasteiger partial charge in [-0.2, -0.15) is 0 Å². The number of hydrogen-bond donors (Lipinski definition) is 1. The molecule has 84 valence electrons. The highest BCUT2D eigenvalue weighted by Gasteiger charge is 2.11. The van der Waals surface area contributed by atoms with Crippen LogP contribution in [0.25, 0.3) is 16.2 Å². The van der Waals surface area contributed by atoms with Gasteiger partial charge in [0.2, 0.25) is 0 Å². The minimum Gasteiger partial charge on any atom is -0.364 e. The second-order valence-corrected chi connectivity index (χ2v) is 4.47. The second-order valence-electron chi connectivity index (χ2n) is 3.63. The molecule has 0 radical (unpaired) electrons. The number of carbonyl (C=O) groups is 1. The van der Waals surface area contributed by atoms with E-state index in [1.54, 1.807) is 6.20 Å². The molecule has 0 aliphatic carbocycles. The number of fused-ring (bicyclic) bond motifs is 1. The number of nitrogens with zero attached hydrogens (tertiary/aromatic N) is 2. The van der Waals surface area contributed by atoms with Gasteiger partial charge in [0.15, 0.2) is 4.96 Å². The first-order valence-corrected chi connectivity index (χ1v) is 5.95. The lowest BCUT2D eigenvalue weighted by molar-refractivity contribution is 0.0996. The van der Waals surface area contributed by atoms with Crippen molar-refractivity contribution >= 4 is 22.2 Å². The molecule has 0 spiro atoms. The van der Waals surface area contributed by atoms with Crippen molar-refractivity contribution in [3.05, 3.63) is 47.6 Å². The molecule has 1 aromatic carbocycles. The molecule has 0 bridgehead atoms. The Kier molecular flexibility index (Phi) is 2.19. The van der Waals surface area contributed by atoms with E-state index >= 15 is 0 Å². The summed E-state index contributed by atoms with van der Waals surface area (Å²) in [6.45, 7) is 0. The van der Waals surface area contributed by atoms with Crippen molar-refractivity contribution in [1.29, 1.82) is 0 Å². The number of benzene rings is 1. The lowest BCUT2D eigenvalue weighted by Crippen LogP contribution is -2.10. The molecule has 0 saturated heterocycles. The molecule has 3 aromatic rings. The zero-order valence-corrected chi connectivity index (χ0v) is 9.65. The Hall–Kier alpha value is -2.14. The average molecular weight is 243 g/mol. The van der Waals surface area contributed by atoms with Crippen LogP contribution in [0.1, 0.15) is 10.5 Å². The van der Waals surface area contributed by atoms with Gasteiger partial charge in [-0.15, -0.1) is 11.3 Å². The molecule has 4 nitrogen and oxygen atoms in total. The Morgan fingerprint density at radius 3 is 2.76 bits per heavy atom. The van der Waals surface area contributed by atoms with Crippen LogP contribution >= 0.6 is 11.3 Å². The van der Waals surface area contributed by atoms with Crippen molar-refractivity contribution in [2.75, 3.05) is 0 Å². The standard InChI is InChI=1S/C12H9N3OS/c13-11(16)9-6-15-10(7-17-12(15)14-9)8-4-2-1-3-5-8/h1-7H,(H2,13,16). The summed E-state index contributed by atoms with van der Waals surface area (Å²) in [7, 11) is 0. The summed E-state index contributed by atoms with van der Waals surface area (Å²) < 4.78 is 1.89. The van der Waals surface area contributed by atoms with Gasteiger partial charge in [0, 0.05) is 11.6 Å². The summed E-state index contributed by atoms with van der Waals surface area (Å²) in [5.41, 5.74) is 7.62. The second kappa shape index (κ2) is 3.71. The molecule has 0 aliphatic heterocycles. The third kappa shape index (κ3) is 1.60. The van der Waals surface area contributed by atoms with Crippen molar-refractivity contribution in [2.24, 2.45) is 5.73 Å². The first-order chi connectivity index (χ1) is 8.25. The fourth-order valence-corrected chi connectivity index (χ4v) is 2.60. The zero-order valence-electron chi connectivity index (χ0n) is 8.83. The lowest BCUT2D eigenvalue weighted by Gasteiger charge is -1.97. The van der Waals surface area contributed by atoms with Crippen LogP contribution in [0.2, 0.25) is 0 Å². The third-order valence-corrected chi connectivity index (χ3v) is 3.37. The van der Waals surface area contributed by atoms with Gasteiger partial charge in [-0.1, -0.05) is 30.3 Å². The van der Waals surface area contributed by atoms with E-state index in [9.17, 15) is 4.79 Å². The van der Waals surface area contributed by atoms with Crippen LogP contribution in [0.5, 0.6) is 0 Å². The van der Waals surface area contributed by atoms with Crippen molar-refractivity contribution in [1.82, 2.24) is 9.38 Å². The first-order valence-electron chi connectivity index (χ1n) is 5.07. The van der Waals surface area contributed by atoms with E-state index in [4.69, 9.17) is 5.73 Å². The van der Waals surface area contributed by atoms with E-state index < -0.39 is 5.91 Å². The molecule has 3 rings (SSSR count). The summed E-state index contributed by atoms with van der Waals surface area (Å²) in [6.07, 6.45) is 1.68. The number of rotatable bonds is 2. The lowest BCUT2D eigenvalue weighted by atomic mass is 10.2. The number of nitrogens with two attached hydrogens (primary N) is 1. The summed E-state index contributed by atoms with van der Waals surface area (Å²) in [5.74, 6) is -0.500. The normalized spacial score (nSPS) is 10.8. The van der Waals surface area contributed by atoms with Gasteiger partial charge in [-0.3, -0.25) is 9.20 Å². The summed E-state index contributed by atoms with van der Waals surface area (Å²) >= 11 is 1.49. The summed E-state index contributed by atoms with van der Waals surface area (Å²) in [6, 6.07) is 9.96. The van der Waals surface area contributed by atoms with Gasteiger partial charge in [0.1, 0.15) is 5.69 Å². The number of carbonyl (C=O) groups excluding carboxylic acids is 1. The largest absolute Gasteiger partial charge is 0.364 e. The number of imidazole rings is 1. The molecule has 0 saturated carbocycles. The van der Waals surface area contributed by atoms with Gasteiger partial charge in [-0.25, -0.2) is 4.98 Å². The quantitative estimate of drug-likeness (QED) is 0.749. The molecule has 0 aliphatic rings. The van der Waals surface area contributed by atoms with E-state index in [1.807, 2.05) is 40.1 Å². The van der Waals surface area contributed by atoms with Crippen LogP contribution in [0.15, 0.2) is 41.9 Å². The molecule has 2 N–H and O–H groups in total. The summed E-state index contributed by atoms with van der Waals surface area (Å²) in [5, 5.41) is 2.02. The topological polar surface area (TPSA) is 60.4 Å². The van der Waals surface area contributed by atoms with Gasteiger partial charge in [0.25, 0.3) is 5.91 Å². The molecule has 2 aromatic heterocycles. The summed E-state index contributed by atoms with van der Waals surface area (Å²) in [4.78, 5) is 16.0. The Balaban J connectivity index is 2.21. The number of primary amides is 1. The van der Waals surface area contributed by atoms with Crippen LogP contribution in [0.4, 0.5) is 0 Å². The number of amides is 1. The molecule has 5 heteroatoms. The smallest absolute Gasteiger partial charge is 0.268 e. The van der Waals surface area contributed by atoms with Gasteiger partial charge in [0.05, 0.1) is 5.69 Å².